The first-order chi connectivity index (χ1) is 12.8. The summed E-state index contributed by atoms with van der Waals surface area (Å²) in [6.45, 7) is 8.59. The van der Waals surface area contributed by atoms with Gasteiger partial charge in [0, 0.05) is 35.1 Å². The maximum Gasteiger partial charge on any atom is 0.252 e. The summed E-state index contributed by atoms with van der Waals surface area (Å²) in [6, 6.07) is 3.71. The minimum Gasteiger partial charge on any atom is -0.309 e. The normalized spacial score (nSPS) is 11.2. The first-order valence-electron chi connectivity index (χ1n) is 8.59. The SMILES string of the molecule is Cc1cc(C)nc(-n2nc(C)cc2NC(=O)CN(C)Cc2cnc(C)s2)n1. The van der Waals surface area contributed by atoms with Crippen LogP contribution in [0.1, 0.15) is 27.0 Å². The van der Waals surface area contributed by atoms with Gasteiger partial charge in [0.2, 0.25) is 5.91 Å². The number of likely N-dealkylation sites (N-methyl/N-ethyl adjacent to an activating group) is 1. The minimum atomic E-state index is -0.121. The number of anilines is 1. The van der Waals surface area contributed by atoms with Crippen molar-refractivity contribution in [2.24, 2.45) is 0 Å². The number of hydrogen-bond acceptors (Lipinski definition) is 7. The zero-order valence-corrected chi connectivity index (χ0v) is 17.0. The number of hydrogen-bond donors (Lipinski definition) is 1. The summed E-state index contributed by atoms with van der Waals surface area (Å²) < 4.78 is 1.57. The molecule has 0 saturated heterocycles. The number of nitrogens with zero attached hydrogens (tertiary/aromatic N) is 6. The molecule has 3 aromatic heterocycles. The summed E-state index contributed by atoms with van der Waals surface area (Å²) in [4.78, 5) is 28.7. The van der Waals surface area contributed by atoms with Gasteiger partial charge in [-0.3, -0.25) is 9.69 Å². The van der Waals surface area contributed by atoms with Crippen LogP contribution in [-0.2, 0) is 11.3 Å². The van der Waals surface area contributed by atoms with E-state index in [9.17, 15) is 4.79 Å². The molecule has 0 aliphatic heterocycles. The summed E-state index contributed by atoms with van der Waals surface area (Å²) >= 11 is 1.64. The molecule has 0 radical (unpaired) electrons. The molecule has 9 heteroatoms. The lowest BCUT2D eigenvalue weighted by atomic mass is 10.4. The van der Waals surface area contributed by atoms with Crippen molar-refractivity contribution in [3.63, 3.8) is 0 Å². The average molecular weight is 385 g/mol. The van der Waals surface area contributed by atoms with E-state index in [2.05, 4.69) is 25.4 Å². The Morgan fingerprint density at radius 3 is 2.48 bits per heavy atom. The molecule has 0 bridgehead atoms. The number of aromatic nitrogens is 5. The molecule has 1 N–H and O–H groups in total. The maximum absolute atomic E-state index is 12.5. The third kappa shape index (κ3) is 4.95. The monoisotopic (exact) mass is 385 g/mol. The van der Waals surface area contributed by atoms with Gasteiger partial charge in [-0.1, -0.05) is 0 Å². The fraction of sp³-hybridized carbons (Fsp3) is 0.389. The van der Waals surface area contributed by atoms with Crippen molar-refractivity contribution in [3.8, 4) is 5.95 Å². The maximum atomic E-state index is 12.5. The predicted octanol–water partition coefficient (Wildman–Crippen LogP) is 2.42. The molecule has 0 spiro atoms. The van der Waals surface area contributed by atoms with Crippen molar-refractivity contribution in [2.45, 2.75) is 34.2 Å². The van der Waals surface area contributed by atoms with E-state index in [0.717, 1.165) is 27.0 Å². The predicted molar refractivity (Wildman–Crippen MR) is 105 cm³/mol. The molecular formula is C18H23N7OS. The summed E-state index contributed by atoms with van der Waals surface area (Å²) in [6.07, 6.45) is 1.85. The number of carbonyl (C=O) groups is 1. The van der Waals surface area contributed by atoms with Crippen LogP contribution in [0.3, 0.4) is 0 Å². The molecular weight excluding hydrogens is 362 g/mol. The molecule has 3 rings (SSSR count). The van der Waals surface area contributed by atoms with Crippen molar-refractivity contribution in [1.29, 1.82) is 0 Å². The lowest BCUT2D eigenvalue weighted by Gasteiger charge is -2.15. The number of thiazole rings is 1. The Morgan fingerprint density at radius 2 is 1.85 bits per heavy atom. The lowest BCUT2D eigenvalue weighted by molar-refractivity contribution is -0.117. The molecule has 0 atom stereocenters. The van der Waals surface area contributed by atoms with E-state index in [4.69, 9.17) is 0 Å². The zero-order valence-electron chi connectivity index (χ0n) is 16.1. The van der Waals surface area contributed by atoms with Crippen LogP contribution < -0.4 is 5.32 Å². The molecule has 0 aliphatic rings. The molecule has 3 aromatic rings. The standard InChI is InChI=1S/C18H23N7OS/c1-11-6-12(2)21-18(20-11)25-16(7-13(3)23-25)22-17(26)10-24(5)9-15-8-19-14(4)27-15/h6-8H,9-10H2,1-5H3,(H,22,26). The van der Waals surface area contributed by atoms with Gasteiger partial charge in [0.1, 0.15) is 5.82 Å². The van der Waals surface area contributed by atoms with Gasteiger partial charge in [0.25, 0.3) is 5.95 Å². The summed E-state index contributed by atoms with van der Waals surface area (Å²) in [5.74, 6) is 0.887. The second-order valence-corrected chi connectivity index (χ2v) is 7.92. The van der Waals surface area contributed by atoms with Crippen LogP contribution >= 0.6 is 11.3 Å². The van der Waals surface area contributed by atoms with Crippen LogP contribution in [0.5, 0.6) is 0 Å². The Hall–Kier alpha value is -2.65. The van der Waals surface area contributed by atoms with Crippen molar-refractivity contribution in [1.82, 2.24) is 29.6 Å². The van der Waals surface area contributed by atoms with Crippen LogP contribution in [0.25, 0.3) is 5.95 Å². The van der Waals surface area contributed by atoms with Gasteiger partial charge in [0.15, 0.2) is 0 Å². The highest BCUT2D eigenvalue weighted by atomic mass is 32.1. The highest BCUT2D eigenvalue weighted by Crippen LogP contribution is 2.16. The molecule has 0 aromatic carbocycles. The highest BCUT2D eigenvalue weighted by molar-refractivity contribution is 7.11. The first kappa shape index (κ1) is 19.1. The second-order valence-electron chi connectivity index (χ2n) is 6.60. The quantitative estimate of drug-likeness (QED) is 0.701. The molecule has 0 aliphatic carbocycles. The summed E-state index contributed by atoms with van der Waals surface area (Å²) in [5, 5.41) is 8.36. The summed E-state index contributed by atoms with van der Waals surface area (Å²) in [7, 11) is 1.91. The number of carbonyl (C=O) groups excluding carboxylic acids is 1. The second kappa shape index (κ2) is 7.93. The van der Waals surface area contributed by atoms with Crippen molar-refractivity contribution >= 4 is 23.1 Å². The zero-order chi connectivity index (χ0) is 19.6. The largest absolute Gasteiger partial charge is 0.309 e. The van der Waals surface area contributed by atoms with Crippen molar-refractivity contribution < 1.29 is 4.79 Å². The lowest BCUT2D eigenvalue weighted by Crippen LogP contribution is -2.30. The number of nitrogens with one attached hydrogen (secondary N) is 1. The van der Waals surface area contributed by atoms with Gasteiger partial charge in [0.05, 0.1) is 17.2 Å². The molecule has 0 saturated carbocycles. The Morgan fingerprint density at radius 1 is 1.15 bits per heavy atom. The van der Waals surface area contributed by atoms with E-state index in [1.165, 1.54) is 0 Å². The van der Waals surface area contributed by atoms with Gasteiger partial charge in [-0.25, -0.2) is 15.0 Å². The Labute approximate surface area is 162 Å². The van der Waals surface area contributed by atoms with Crippen LogP contribution in [-0.4, -0.2) is 49.1 Å². The Balaban J connectivity index is 1.71. The van der Waals surface area contributed by atoms with E-state index in [0.29, 0.717) is 18.3 Å². The Bertz CT molecular complexity index is 942. The van der Waals surface area contributed by atoms with Crippen LogP contribution in [0.2, 0.25) is 0 Å². The molecule has 27 heavy (non-hydrogen) atoms. The third-order valence-electron chi connectivity index (χ3n) is 3.77. The van der Waals surface area contributed by atoms with Crippen molar-refractivity contribution in [3.05, 3.63) is 45.3 Å². The molecule has 142 valence electrons. The number of aryl methyl sites for hydroxylation is 4. The average Bonchev–Trinajstić information content (AvgIpc) is 3.11. The fourth-order valence-electron chi connectivity index (χ4n) is 2.77. The van der Waals surface area contributed by atoms with E-state index in [1.807, 2.05) is 58.0 Å². The van der Waals surface area contributed by atoms with E-state index in [-0.39, 0.29) is 12.5 Å². The molecule has 0 unspecified atom stereocenters. The Kier molecular flexibility index (Phi) is 5.62. The van der Waals surface area contributed by atoms with Crippen LogP contribution in [0.4, 0.5) is 5.82 Å². The smallest absolute Gasteiger partial charge is 0.252 e. The molecule has 8 nitrogen and oxygen atoms in total. The highest BCUT2D eigenvalue weighted by Gasteiger charge is 2.15. The minimum absolute atomic E-state index is 0.121. The van der Waals surface area contributed by atoms with Gasteiger partial charge < -0.3 is 5.32 Å². The molecule has 0 fully saturated rings. The third-order valence-corrected chi connectivity index (χ3v) is 4.66. The van der Waals surface area contributed by atoms with Gasteiger partial charge in [-0.05, 0) is 40.8 Å². The van der Waals surface area contributed by atoms with Crippen LogP contribution in [0.15, 0.2) is 18.3 Å². The van der Waals surface area contributed by atoms with Gasteiger partial charge in [-0.15, -0.1) is 11.3 Å². The molecule has 1 amide bonds. The first-order valence-corrected chi connectivity index (χ1v) is 9.41. The summed E-state index contributed by atoms with van der Waals surface area (Å²) in [5.41, 5.74) is 2.48. The topological polar surface area (TPSA) is 88.8 Å². The van der Waals surface area contributed by atoms with Crippen molar-refractivity contribution in [2.75, 3.05) is 18.9 Å². The van der Waals surface area contributed by atoms with Crippen LogP contribution in [0, 0.1) is 27.7 Å². The van der Waals surface area contributed by atoms with Gasteiger partial charge in [-0.2, -0.15) is 9.78 Å². The number of amides is 1. The fourth-order valence-corrected chi connectivity index (χ4v) is 3.65. The van der Waals surface area contributed by atoms with E-state index in [1.54, 1.807) is 16.0 Å². The van der Waals surface area contributed by atoms with E-state index < -0.39 is 0 Å². The number of rotatable bonds is 6. The molecule has 3 heterocycles. The van der Waals surface area contributed by atoms with Gasteiger partial charge >= 0.3 is 0 Å². The van der Waals surface area contributed by atoms with E-state index >= 15 is 0 Å².